The molecule has 6 heteroatoms. The molecule has 0 saturated carbocycles. The van der Waals surface area contributed by atoms with Crippen molar-refractivity contribution < 1.29 is 4.79 Å². The van der Waals surface area contributed by atoms with E-state index in [0.717, 1.165) is 0 Å². The SMILES string of the molecule is CN(C)C(=O)CN(C)c1nccc(C#N)c1Cl. The van der Waals surface area contributed by atoms with Crippen LogP contribution >= 0.6 is 11.6 Å². The summed E-state index contributed by atoms with van der Waals surface area (Å²) in [4.78, 5) is 18.7. The lowest BCUT2D eigenvalue weighted by molar-refractivity contribution is -0.127. The Morgan fingerprint density at radius 2 is 2.18 bits per heavy atom. The highest BCUT2D eigenvalue weighted by atomic mass is 35.5. The van der Waals surface area contributed by atoms with Crippen molar-refractivity contribution in [2.45, 2.75) is 0 Å². The van der Waals surface area contributed by atoms with Crippen molar-refractivity contribution in [3.05, 3.63) is 22.8 Å². The summed E-state index contributed by atoms with van der Waals surface area (Å²) in [7, 11) is 5.06. The van der Waals surface area contributed by atoms with Gasteiger partial charge < -0.3 is 9.80 Å². The molecule has 1 heterocycles. The smallest absolute Gasteiger partial charge is 0.241 e. The number of pyridine rings is 1. The van der Waals surface area contributed by atoms with Crippen LogP contribution in [-0.4, -0.2) is 43.5 Å². The highest BCUT2D eigenvalue weighted by molar-refractivity contribution is 6.34. The summed E-state index contributed by atoms with van der Waals surface area (Å²) in [5, 5.41) is 9.11. The van der Waals surface area contributed by atoms with Gasteiger partial charge in [0.1, 0.15) is 16.9 Å². The highest BCUT2D eigenvalue weighted by Gasteiger charge is 2.15. The molecule has 1 aromatic heterocycles. The molecule has 5 nitrogen and oxygen atoms in total. The Hall–Kier alpha value is -1.80. The largest absolute Gasteiger partial charge is 0.349 e. The quantitative estimate of drug-likeness (QED) is 0.809. The van der Waals surface area contributed by atoms with Gasteiger partial charge in [0.2, 0.25) is 5.91 Å². The zero-order valence-electron chi connectivity index (χ0n) is 9.94. The topological polar surface area (TPSA) is 60.2 Å². The zero-order valence-corrected chi connectivity index (χ0v) is 10.7. The lowest BCUT2D eigenvalue weighted by atomic mass is 10.3. The third-order valence-electron chi connectivity index (χ3n) is 2.22. The number of aromatic nitrogens is 1. The Labute approximate surface area is 105 Å². The molecule has 0 aliphatic carbocycles. The minimum absolute atomic E-state index is 0.0623. The van der Waals surface area contributed by atoms with Crippen molar-refractivity contribution in [1.29, 1.82) is 5.26 Å². The number of carbonyl (C=O) groups excluding carboxylic acids is 1. The van der Waals surface area contributed by atoms with Gasteiger partial charge in [0.15, 0.2) is 0 Å². The first-order valence-electron chi connectivity index (χ1n) is 4.93. The fourth-order valence-corrected chi connectivity index (χ4v) is 1.50. The minimum atomic E-state index is -0.0623. The van der Waals surface area contributed by atoms with Crippen LogP contribution in [-0.2, 0) is 4.79 Å². The van der Waals surface area contributed by atoms with E-state index in [1.807, 2.05) is 6.07 Å². The Morgan fingerprint density at radius 3 is 2.71 bits per heavy atom. The summed E-state index contributed by atoms with van der Waals surface area (Å²) in [6.45, 7) is 0.161. The second kappa shape index (κ2) is 5.51. The minimum Gasteiger partial charge on any atom is -0.349 e. The zero-order chi connectivity index (χ0) is 13.0. The Bertz CT molecular complexity index is 467. The van der Waals surface area contributed by atoms with Crippen molar-refractivity contribution in [2.24, 2.45) is 0 Å². The maximum atomic E-state index is 11.5. The molecular weight excluding hydrogens is 240 g/mol. The van der Waals surface area contributed by atoms with Crippen LogP contribution in [0.2, 0.25) is 5.02 Å². The third-order valence-corrected chi connectivity index (χ3v) is 2.60. The molecule has 0 aliphatic rings. The van der Waals surface area contributed by atoms with Crippen LogP contribution in [0.3, 0.4) is 0 Å². The van der Waals surface area contributed by atoms with Crippen molar-refractivity contribution in [3.8, 4) is 6.07 Å². The van der Waals surface area contributed by atoms with Crippen molar-refractivity contribution >= 4 is 23.3 Å². The molecule has 0 radical (unpaired) electrons. The first-order valence-corrected chi connectivity index (χ1v) is 5.31. The number of likely N-dealkylation sites (N-methyl/N-ethyl adjacent to an activating group) is 2. The van der Waals surface area contributed by atoms with E-state index in [2.05, 4.69) is 4.98 Å². The maximum absolute atomic E-state index is 11.5. The van der Waals surface area contributed by atoms with E-state index in [4.69, 9.17) is 16.9 Å². The third kappa shape index (κ3) is 3.08. The standard InChI is InChI=1S/C11H13ClN4O/c1-15(2)9(17)7-16(3)11-10(12)8(6-13)4-5-14-11/h4-5H,7H2,1-3H3. The molecule has 1 rings (SSSR count). The summed E-state index contributed by atoms with van der Waals surface area (Å²) in [5.41, 5.74) is 0.348. The van der Waals surface area contributed by atoms with Crippen molar-refractivity contribution in [3.63, 3.8) is 0 Å². The fourth-order valence-electron chi connectivity index (χ4n) is 1.20. The van der Waals surface area contributed by atoms with E-state index in [-0.39, 0.29) is 17.5 Å². The van der Waals surface area contributed by atoms with Crippen LogP contribution in [0.25, 0.3) is 0 Å². The number of anilines is 1. The molecule has 0 aromatic carbocycles. The van der Waals surface area contributed by atoms with Gasteiger partial charge in [0.05, 0.1) is 12.1 Å². The second-order valence-electron chi connectivity index (χ2n) is 3.75. The number of hydrogen-bond donors (Lipinski definition) is 0. The van der Waals surface area contributed by atoms with Gasteiger partial charge in [-0.3, -0.25) is 4.79 Å². The van der Waals surface area contributed by atoms with E-state index < -0.39 is 0 Å². The molecule has 0 atom stereocenters. The first-order chi connectivity index (χ1) is 7.97. The number of hydrogen-bond acceptors (Lipinski definition) is 4. The number of nitrogens with zero attached hydrogens (tertiary/aromatic N) is 4. The molecule has 90 valence electrons. The Balaban J connectivity index is 2.94. The van der Waals surface area contributed by atoms with Crippen LogP contribution < -0.4 is 4.90 Å². The van der Waals surface area contributed by atoms with E-state index in [1.165, 1.54) is 17.2 Å². The molecule has 1 amide bonds. The Morgan fingerprint density at radius 1 is 1.53 bits per heavy atom. The van der Waals surface area contributed by atoms with Crippen LogP contribution in [0.5, 0.6) is 0 Å². The fraction of sp³-hybridized carbons (Fsp3) is 0.364. The van der Waals surface area contributed by atoms with Gasteiger partial charge in [0, 0.05) is 27.3 Å². The summed E-state index contributed by atoms with van der Waals surface area (Å²) in [6.07, 6.45) is 1.50. The average molecular weight is 253 g/mol. The monoisotopic (exact) mass is 252 g/mol. The van der Waals surface area contributed by atoms with Crippen molar-refractivity contribution in [1.82, 2.24) is 9.88 Å². The molecule has 0 aliphatic heterocycles. The molecule has 0 bridgehead atoms. The molecule has 0 unspecified atom stereocenters. The molecule has 0 N–H and O–H groups in total. The van der Waals surface area contributed by atoms with E-state index in [1.54, 1.807) is 26.0 Å². The van der Waals surface area contributed by atoms with Gasteiger partial charge in [0.25, 0.3) is 0 Å². The van der Waals surface area contributed by atoms with Gasteiger partial charge >= 0.3 is 0 Å². The molecule has 1 aromatic rings. The second-order valence-corrected chi connectivity index (χ2v) is 4.13. The number of amides is 1. The molecule has 17 heavy (non-hydrogen) atoms. The number of rotatable bonds is 3. The van der Waals surface area contributed by atoms with Gasteiger partial charge in [-0.05, 0) is 6.07 Å². The van der Waals surface area contributed by atoms with E-state index in [9.17, 15) is 4.79 Å². The predicted octanol–water partition coefficient (Wildman–Crippen LogP) is 1.13. The van der Waals surface area contributed by atoms with Gasteiger partial charge in [-0.25, -0.2) is 4.98 Å². The maximum Gasteiger partial charge on any atom is 0.241 e. The lowest BCUT2D eigenvalue weighted by Crippen LogP contribution is -2.34. The Kier molecular flexibility index (Phi) is 4.30. The molecule has 0 saturated heterocycles. The molecule has 0 spiro atoms. The molecular formula is C11H13ClN4O. The number of carbonyl (C=O) groups is 1. The number of halogens is 1. The summed E-state index contributed by atoms with van der Waals surface area (Å²) in [6, 6.07) is 3.51. The van der Waals surface area contributed by atoms with Gasteiger partial charge in [-0.15, -0.1) is 0 Å². The van der Waals surface area contributed by atoms with E-state index in [0.29, 0.717) is 11.4 Å². The van der Waals surface area contributed by atoms with Crippen LogP contribution in [0, 0.1) is 11.3 Å². The van der Waals surface area contributed by atoms with Gasteiger partial charge in [-0.1, -0.05) is 11.6 Å². The van der Waals surface area contributed by atoms with Crippen LogP contribution in [0.1, 0.15) is 5.56 Å². The summed E-state index contributed by atoms with van der Waals surface area (Å²) in [5.74, 6) is 0.369. The average Bonchev–Trinajstić information content (AvgIpc) is 2.28. The van der Waals surface area contributed by atoms with Gasteiger partial charge in [-0.2, -0.15) is 5.26 Å². The predicted molar refractivity (Wildman–Crippen MR) is 65.9 cm³/mol. The van der Waals surface area contributed by atoms with Crippen molar-refractivity contribution in [2.75, 3.05) is 32.6 Å². The lowest BCUT2D eigenvalue weighted by Gasteiger charge is -2.21. The first kappa shape index (κ1) is 13.3. The molecule has 0 fully saturated rings. The highest BCUT2D eigenvalue weighted by Crippen LogP contribution is 2.25. The normalized spacial score (nSPS) is 9.59. The summed E-state index contributed by atoms with van der Waals surface area (Å²) < 4.78 is 0. The van der Waals surface area contributed by atoms with E-state index >= 15 is 0 Å². The van der Waals surface area contributed by atoms with Crippen LogP contribution in [0.4, 0.5) is 5.82 Å². The summed E-state index contributed by atoms with van der Waals surface area (Å²) >= 11 is 6.02. The number of nitriles is 1. The van der Waals surface area contributed by atoms with Crippen LogP contribution in [0.15, 0.2) is 12.3 Å².